The molecule has 0 saturated heterocycles. The van der Waals surface area contributed by atoms with Crippen LogP contribution in [-0.2, 0) is 10.8 Å². The van der Waals surface area contributed by atoms with E-state index in [0.29, 0.717) is 0 Å². The van der Waals surface area contributed by atoms with Gasteiger partial charge >= 0.3 is 0 Å². The minimum absolute atomic E-state index is 0.168. The maximum atomic E-state index is 6.98. The fourth-order valence-corrected chi connectivity index (χ4v) is 11.0. The predicted octanol–water partition coefficient (Wildman–Crippen LogP) is 16.0. The summed E-state index contributed by atoms with van der Waals surface area (Å²) in [7, 11) is 0. The predicted molar refractivity (Wildman–Crippen MR) is 257 cm³/mol. The van der Waals surface area contributed by atoms with Gasteiger partial charge < -0.3 is 14.1 Å². The molecule has 1 aromatic heterocycles. The molecule has 0 fully saturated rings. The molecule has 1 unspecified atom stereocenters. The summed E-state index contributed by atoms with van der Waals surface area (Å²) in [5.74, 6) is 2.45. The van der Waals surface area contributed by atoms with E-state index in [2.05, 4.69) is 219 Å². The van der Waals surface area contributed by atoms with Crippen molar-refractivity contribution in [3.63, 3.8) is 0 Å². The zero-order valence-electron chi connectivity index (χ0n) is 35.0. The lowest BCUT2D eigenvalue weighted by Crippen LogP contribution is -2.31. The van der Waals surface area contributed by atoms with Gasteiger partial charge in [0.15, 0.2) is 11.5 Å². The van der Waals surface area contributed by atoms with E-state index < -0.39 is 5.41 Å². The van der Waals surface area contributed by atoms with Crippen LogP contribution in [0.5, 0.6) is 11.5 Å². The van der Waals surface area contributed by atoms with Crippen LogP contribution in [0.3, 0.4) is 0 Å². The number of hydrogen-bond acceptors (Lipinski definition) is 3. The van der Waals surface area contributed by atoms with Crippen LogP contribution in [0.4, 0.5) is 17.1 Å². The smallest absolute Gasteiger partial charge is 0.178 e. The van der Waals surface area contributed by atoms with E-state index in [1.807, 2.05) is 12.1 Å². The van der Waals surface area contributed by atoms with Gasteiger partial charge in [0.05, 0.1) is 5.39 Å². The molecule has 3 nitrogen and oxygen atoms in total. The normalized spacial score (nSPS) is 15.8. The van der Waals surface area contributed by atoms with E-state index in [9.17, 15) is 0 Å². The van der Waals surface area contributed by atoms with Crippen LogP contribution < -0.4 is 9.64 Å². The first kappa shape index (κ1) is 35.8. The van der Waals surface area contributed by atoms with Crippen LogP contribution in [-0.4, -0.2) is 0 Å². The van der Waals surface area contributed by atoms with Crippen LogP contribution in [0.1, 0.15) is 47.4 Å². The highest BCUT2D eigenvalue weighted by Gasteiger charge is 2.54. The van der Waals surface area contributed by atoms with Crippen LogP contribution in [0.2, 0.25) is 0 Å². The standard InChI is InChI=1S/C60H41NO2/c1-59(2)50-24-12-9-21-45(50)47-31-29-43(37-54(47)59)61(44-34-40(38-17-5-3-6-18-38)33-41(35-44)39-19-7-4-8-20-39)42-30-32-52-49(36-42)46-22-10-13-25-51(46)60(52)53-26-14-16-28-56(53)62-57-48-23-11-15-27-55(48)63-58(57)60/h3-37H,1-2H3. The van der Waals surface area contributed by atoms with Crippen LogP contribution in [0.15, 0.2) is 217 Å². The summed E-state index contributed by atoms with van der Waals surface area (Å²) < 4.78 is 13.8. The van der Waals surface area contributed by atoms with Crippen molar-refractivity contribution in [1.82, 2.24) is 0 Å². The Labute approximate surface area is 367 Å². The first-order valence-corrected chi connectivity index (χ1v) is 21.8. The van der Waals surface area contributed by atoms with Gasteiger partial charge in [0, 0.05) is 28.0 Å². The summed E-state index contributed by atoms with van der Waals surface area (Å²) in [5.41, 5.74) is 19.0. The summed E-state index contributed by atoms with van der Waals surface area (Å²) in [4.78, 5) is 2.47. The Balaban J connectivity index is 1.08. The van der Waals surface area contributed by atoms with Gasteiger partial charge in [0.25, 0.3) is 0 Å². The molecule has 298 valence electrons. The minimum Gasteiger partial charge on any atom is -0.455 e. The van der Waals surface area contributed by atoms with Gasteiger partial charge in [-0.05, 0) is 127 Å². The number of ether oxygens (including phenoxy) is 1. The number of benzene rings is 9. The van der Waals surface area contributed by atoms with Crippen molar-refractivity contribution < 1.29 is 9.15 Å². The second-order valence-electron chi connectivity index (χ2n) is 17.6. The summed E-state index contributed by atoms with van der Waals surface area (Å²) in [5, 5.41) is 0.976. The molecule has 0 radical (unpaired) electrons. The van der Waals surface area contributed by atoms with E-state index in [1.54, 1.807) is 0 Å². The topological polar surface area (TPSA) is 25.6 Å². The molecule has 0 N–H and O–H groups in total. The molecule has 13 rings (SSSR count). The van der Waals surface area contributed by atoms with E-state index in [1.165, 1.54) is 55.6 Å². The number of anilines is 3. The maximum absolute atomic E-state index is 6.98. The molecule has 9 aromatic carbocycles. The Morgan fingerprint density at radius 1 is 0.381 bits per heavy atom. The van der Waals surface area contributed by atoms with Crippen molar-refractivity contribution in [2.24, 2.45) is 0 Å². The number of furan rings is 1. The molecule has 2 heterocycles. The summed E-state index contributed by atoms with van der Waals surface area (Å²) in [6, 6.07) is 77.1. The minimum atomic E-state index is -0.727. The second-order valence-corrected chi connectivity index (χ2v) is 17.6. The second kappa shape index (κ2) is 13.3. The van der Waals surface area contributed by atoms with Gasteiger partial charge in [0.2, 0.25) is 0 Å². The van der Waals surface area contributed by atoms with Crippen molar-refractivity contribution >= 4 is 28.0 Å². The van der Waals surface area contributed by atoms with Gasteiger partial charge in [-0.2, -0.15) is 0 Å². The van der Waals surface area contributed by atoms with Gasteiger partial charge in [-0.3, -0.25) is 0 Å². The van der Waals surface area contributed by atoms with Crippen LogP contribution in [0, 0.1) is 0 Å². The number of hydrogen-bond donors (Lipinski definition) is 0. The SMILES string of the molecule is CC1(C)c2ccccc2-c2ccc(N(c3cc(-c4ccccc4)cc(-c4ccccc4)c3)c3ccc4c(c3)-c3ccccc3C43c4ccccc4Oc4c3oc3ccccc43)cc21. The third-order valence-electron chi connectivity index (χ3n) is 13.9. The van der Waals surface area contributed by atoms with Crippen LogP contribution >= 0.6 is 0 Å². The number of para-hydroxylation sites is 2. The Kier molecular flexibility index (Phi) is 7.57. The quantitative estimate of drug-likeness (QED) is 0.173. The average Bonchev–Trinajstić information content (AvgIpc) is 3.93. The molecular weight excluding hydrogens is 767 g/mol. The lowest BCUT2D eigenvalue weighted by atomic mass is 9.69. The fraction of sp³-hybridized carbons (Fsp3) is 0.0667. The Morgan fingerprint density at radius 3 is 1.68 bits per heavy atom. The molecule has 3 heteroatoms. The Morgan fingerprint density at radius 2 is 0.937 bits per heavy atom. The number of rotatable bonds is 5. The van der Waals surface area contributed by atoms with Crippen LogP contribution in [0.25, 0.3) is 55.5 Å². The lowest BCUT2D eigenvalue weighted by Gasteiger charge is -2.36. The molecule has 1 aliphatic heterocycles. The zero-order chi connectivity index (χ0) is 41.9. The average molecular weight is 808 g/mol. The van der Waals surface area contributed by atoms with Crippen molar-refractivity contribution in [2.45, 2.75) is 24.7 Å². The molecule has 0 bridgehead atoms. The summed E-state index contributed by atoms with van der Waals surface area (Å²) in [6.45, 7) is 4.72. The van der Waals surface area contributed by atoms with E-state index in [0.717, 1.165) is 62.0 Å². The lowest BCUT2D eigenvalue weighted by molar-refractivity contribution is 0.389. The molecule has 1 spiro atoms. The Bertz CT molecular complexity index is 3410. The first-order chi connectivity index (χ1) is 31.0. The number of fused-ring (bicyclic) bond motifs is 14. The Hall–Kier alpha value is -7.88. The molecule has 1 atom stereocenters. The van der Waals surface area contributed by atoms with Gasteiger partial charge in [-0.1, -0.05) is 166 Å². The maximum Gasteiger partial charge on any atom is 0.178 e. The van der Waals surface area contributed by atoms with E-state index in [4.69, 9.17) is 9.15 Å². The van der Waals surface area contributed by atoms with E-state index >= 15 is 0 Å². The highest BCUT2D eigenvalue weighted by Crippen LogP contribution is 2.64. The number of nitrogens with zero attached hydrogens (tertiary/aromatic N) is 1. The van der Waals surface area contributed by atoms with Gasteiger partial charge in [-0.25, -0.2) is 0 Å². The fourth-order valence-electron chi connectivity index (χ4n) is 11.0. The molecule has 3 aliphatic rings. The monoisotopic (exact) mass is 807 g/mol. The third kappa shape index (κ3) is 5.08. The third-order valence-corrected chi connectivity index (χ3v) is 13.9. The van der Waals surface area contributed by atoms with Crippen molar-refractivity contribution in [2.75, 3.05) is 4.90 Å². The summed E-state index contributed by atoms with van der Waals surface area (Å²) >= 11 is 0. The summed E-state index contributed by atoms with van der Waals surface area (Å²) in [6.07, 6.45) is 0. The van der Waals surface area contributed by atoms with Gasteiger partial charge in [0.1, 0.15) is 16.7 Å². The molecule has 0 saturated carbocycles. The zero-order valence-corrected chi connectivity index (χ0v) is 35.0. The molecule has 0 amide bonds. The highest BCUT2D eigenvalue weighted by atomic mass is 16.5. The van der Waals surface area contributed by atoms with E-state index in [-0.39, 0.29) is 5.41 Å². The van der Waals surface area contributed by atoms with Crippen molar-refractivity contribution in [3.8, 4) is 56.0 Å². The van der Waals surface area contributed by atoms with Crippen molar-refractivity contribution in [1.29, 1.82) is 0 Å². The molecular formula is C60H41NO2. The van der Waals surface area contributed by atoms with Crippen molar-refractivity contribution in [3.05, 3.63) is 246 Å². The van der Waals surface area contributed by atoms with Gasteiger partial charge in [-0.15, -0.1) is 0 Å². The molecule has 10 aromatic rings. The molecule has 2 aliphatic carbocycles. The largest absolute Gasteiger partial charge is 0.455 e. The highest BCUT2D eigenvalue weighted by molar-refractivity contribution is 5.96. The molecule has 63 heavy (non-hydrogen) atoms. The first-order valence-electron chi connectivity index (χ1n) is 21.8.